The Balaban J connectivity index is 2.61. The lowest BCUT2D eigenvalue weighted by atomic mass is 10.0. The van der Waals surface area contributed by atoms with Crippen molar-refractivity contribution in [2.75, 3.05) is 20.2 Å². The Hall–Kier alpha value is -1.10. The summed E-state index contributed by atoms with van der Waals surface area (Å²) in [6.45, 7) is 5.21. The summed E-state index contributed by atoms with van der Waals surface area (Å²) in [4.78, 5) is 25.5. The molecule has 0 radical (unpaired) electrons. The van der Waals surface area contributed by atoms with Crippen molar-refractivity contribution < 1.29 is 14.3 Å². The van der Waals surface area contributed by atoms with Gasteiger partial charge < -0.3 is 15.4 Å². The van der Waals surface area contributed by atoms with Crippen molar-refractivity contribution in [1.82, 2.24) is 4.90 Å². The zero-order chi connectivity index (χ0) is 14.4. The fraction of sp³-hybridized carbons (Fsp3) is 0.857. The van der Waals surface area contributed by atoms with E-state index >= 15 is 0 Å². The molecule has 2 atom stereocenters. The molecule has 1 aliphatic rings. The van der Waals surface area contributed by atoms with Gasteiger partial charge in [0.15, 0.2) is 0 Å². The van der Waals surface area contributed by atoms with E-state index in [1.54, 1.807) is 4.90 Å². The Morgan fingerprint density at radius 1 is 1.37 bits per heavy atom. The Bertz CT molecular complexity index is 318. The minimum Gasteiger partial charge on any atom is -0.469 e. The van der Waals surface area contributed by atoms with Gasteiger partial charge in [-0.15, -0.1) is 0 Å². The molecule has 1 fully saturated rings. The van der Waals surface area contributed by atoms with E-state index in [4.69, 9.17) is 5.73 Å². The number of carbonyl (C=O) groups excluding carboxylic acids is 2. The van der Waals surface area contributed by atoms with Crippen molar-refractivity contribution in [2.24, 2.45) is 17.6 Å². The molecule has 5 heteroatoms. The minimum absolute atomic E-state index is 0.0275. The van der Waals surface area contributed by atoms with Crippen molar-refractivity contribution in [3.8, 4) is 0 Å². The van der Waals surface area contributed by atoms with Gasteiger partial charge in [-0.3, -0.25) is 9.59 Å². The molecule has 0 spiro atoms. The summed E-state index contributed by atoms with van der Waals surface area (Å²) in [6.07, 6.45) is 3.05. The molecule has 1 aliphatic carbocycles. The van der Waals surface area contributed by atoms with Crippen LogP contribution in [0, 0.1) is 11.8 Å². The molecular formula is C14H26N2O3. The molecule has 0 aromatic heterocycles. The van der Waals surface area contributed by atoms with Crippen LogP contribution in [0.5, 0.6) is 0 Å². The van der Waals surface area contributed by atoms with Crippen molar-refractivity contribution >= 4 is 11.9 Å². The van der Waals surface area contributed by atoms with Crippen LogP contribution in [0.4, 0.5) is 0 Å². The normalized spacial score (nSPS) is 22.6. The molecule has 5 nitrogen and oxygen atoms in total. The molecule has 0 aromatic carbocycles. The van der Waals surface area contributed by atoms with Gasteiger partial charge in [-0.2, -0.15) is 0 Å². The smallest absolute Gasteiger partial charge is 0.307 e. The second-order valence-electron chi connectivity index (χ2n) is 5.71. The summed E-state index contributed by atoms with van der Waals surface area (Å²) in [5.41, 5.74) is 5.99. The molecule has 1 amide bonds. The van der Waals surface area contributed by atoms with Crippen LogP contribution < -0.4 is 5.73 Å². The summed E-state index contributed by atoms with van der Waals surface area (Å²) in [5, 5.41) is 0. The van der Waals surface area contributed by atoms with Crippen molar-refractivity contribution in [3.05, 3.63) is 0 Å². The lowest BCUT2D eigenvalue weighted by molar-refractivity contribution is -0.142. The van der Waals surface area contributed by atoms with Crippen molar-refractivity contribution in [2.45, 2.75) is 45.6 Å². The number of methoxy groups -OCH3 is 1. The molecule has 0 heterocycles. The Morgan fingerprint density at radius 3 is 2.53 bits per heavy atom. The van der Waals surface area contributed by atoms with Crippen LogP contribution in [-0.2, 0) is 14.3 Å². The fourth-order valence-electron chi connectivity index (χ4n) is 2.59. The van der Waals surface area contributed by atoms with Gasteiger partial charge in [0.1, 0.15) is 0 Å². The summed E-state index contributed by atoms with van der Waals surface area (Å²) < 4.78 is 4.63. The van der Waals surface area contributed by atoms with Crippen LogP contribution in [0.1, 0.15) is 39.5 Å². The summed E-state index contributed by atoms with van der Waals surface area (Å²) >= 11 is 0. The van der Waals surface area contributed by atoms with E-state index in [1.807, 2.05) is 0 Å². The van der Waals surface area contributed by atoms with Gasteiger partial charge in [0, 0.05) is 19.1 Å². The Kier molecular flexibility index (Phi) is 6.28. The zero-order valence-corrected chi connectivity index (χ0v) is 12.2. The number of hydrogen-bond acceptors (Lipinski definition) is 4. The number of nitrogens with zero attached hydrogens (tertiary/aromatic N) is 1. The third-order valence-corrected chi connectivity index (χ3v) is 3.60. The number of amides is 1. The number of carbonyl (C=O) groups is 2. The monoisotopic (exact) mass is 270 g/mol. The van der Waals surface area contributed by atoms with Gasteiger partial charge in [-0.1, -0.05) is 20.3 Å². The molecule has 1 saturated carbocycles. The Labute approximate surface area is 115 Å². The molecule has 1 rings (SSSR count). The Morgan fingerprint density at radius 2 is 2.05 bits per heavy atom. The molecular weight excluding hydrogens is 244 g/mol. The lowest BCUT2D eigenvalue weighted by Gasteiger charge is -2.28. The fourth-order valence-corrected chi connectivity index (χ4v) is 2.59. The first-order valence-electron chi connectivity index (χ1n) is 7.07. The SMILES string of the molecule is COC(=O)CCN(CC(C)C)C(=O)C1CCCC1N. The van der Waals surface area contributed by atoms with E-state index in [1.165, 1.54) is 7.11 Å². The van der Waals surface area contributed by atoms with Gasteiger partial charge in [0.05, 0.1) is 19.4 Å². The molecule has 0 aromatic rings. The number of ether oxygens (including phenoxy) is 1. The van der Waals surface area contributed by atoms with Gasteiger partial charge in [0.2, 0.25) is 5.91 Å². The highest BCUT2D eigenvalue weighted by atomic mass is 16.5. The molecule has 110 valence electrons. The lowest BCUT2D eigenvalue weighted by Crippen LogP contribution is -2.44. The molecule has 2 unspecified atom stereocenters. The second-order valence-corrected chi connectivity index (χ2v) is 5.71. The van der Waals surface area contributed by atoms with Crippen LogP contribution in [-0.4, -0.2) is 43.0 Å². The van der Waals surface area contributed by atoms with E-state index in [0.29, 0.717) is 19.0 Å². The van der Waals surface area contributed by atoms with Crippen LogP contribution >= 0.6 is 0 Å². The maximum Gasteiger partial charge on any atom is 0.307 e. The number of nitrogens with two attached hydrogens (primary N) is 1. The quantitative estimate of drug-likeness (QED) is 0.735. The summed E-state index contributed by atoms with van der Waals surface area (Å²) in [5.74, 6) is 0.121. The topological polar surface area (TPSA) is 72.6 Å². The first-order valence-corrected chi connectivity index (χ1v) is 7.07. The molecule has 0 aliphatic heterocycles. The van der Waals surface area contributed by atoms with Gasteiger partial charge in [0.25, 0.3) is 0 Å². The number of hydrogen-bond donors (Lipinski definition) is 1. The highest BCUT2D eigenvalue weighted by molar-refractivity contribution is 5.80. The standard InChI is InChI=1S/C14H26N2O3/c1-10(2)9-16(8-7-13(17)19-3)14(18)11-5-4-6-12(11)15/h10-12H,4-9,15H2,1-3H3. The van der Waals surface area contributed by atoms with Crippen molar-refractivity contribution in [3.63, 3.8) is 0 Å². The second kappa shape index (κ2) is 7.48. The maximum atomic E-state index is 12.5. The number of rotatable bonds is 6. The zero-order valence-electron chi connectivity index (χ0n) is 12.2. The highest BCUT2D eigenvalue weighted by Crippen LogP contribution is 2.26. The average molecular weight is 270 g/mol. The third-order valence-electron chi connectivity index (χ3n) is 3.60. The predicted octanol–water partition coefficient (Wildman–Crippen LogP) is 1.16. The third kappa shape index (κ3) is 4.82. The van der Waals surface area contributed by atoms with Crippen LogP contribution in [0.3, 0.4) is 0 Å². The first-order chi connectivity index (χ1) is 8.95. The largest absolute Gasteiger partial charge is 0.469 e. The minimum atomic E-state index is -0.280. The molecule has 19 heavy (non-hydrogen) atoms. The van der Waals surface area contributed by atoms with Gasteiger partial charge in [-0.25, -0.2) is 0 Å². The van der Waals surface area contributed by atoms with E-state index in [9.17, 15) is 9.59 Å². The van der Waals surface area contributed by atoms with Crippen LogP contribution in [0.25, 0.3) is 0 Å². The summed E-state index contributed by atoms with van der Waals surface area (Å²) in [6, 6.07) is -0.0275. The van der Waals surface area contributed by atoms with Gasteiger partial charge in [-0.05, 0) is 18.8 Å². The average Bonchev–Trinajstić information content (AvgIpc) is 2.78. The predicted molar refractivity (Wildman–Crippen MR) is 73.4 cm³/mol. The van der Waals surface area contributed by atoms with Crippen LogP contribution in [0.15, 0.2) is 0 Å². The molecule has 0 saturated heterocycles. The molecule has 0 bridgehead atoms. The van der Waals surface area contributed by atoms with E-state index < -0.39 is 0 Å². The van der Waals surface area contributed by atoms with E-state index in [0.717, 1.165) is 19.3 Å². The first kappa shape index (κ1) is 16.0. The van der Waals surface area contributed by atoms with E-state index in [-0.39, 0.29) is 30.3 Å². The summed E-state index contributed by atoms with van der Waals surface area (Å²) in [7, 11) is 1.36. The van der Waals surface area contributed by atoms with E-state index in [2.05, 4.69) is 18.6 Å². The number of esters is 1. The highest BCUT2D eigenvalue weighted by Gasteiger charge is 2.33. The van der Waals surface area contributed by atoms with Crippen molar-refractivity contribution in [1.29, 1.82) is 0 Å². The van der Waals surface area contributed by atoms with Crippen LogP contribution in [0.2, 0.25) is 0 Å². The maximum absolute atomic E-state index is 12.5. The van der Waals surface area contributed by atoms with Gasteiger partial charge >= 0.3 is 5.97 Å². The molecule has 2 N–H and O–H groups in total.